The van der Waals surface area contributed by atoms with Crippen molar-refractivity contribution in [1.29, 1.82) is 0 Å². The van der Waals surface area contributed by atoms with Crippen LogP contribution >= 0.6 is 0 Å². The molecule has 0 unspecified atom stereocenters. The maximum Gasteiger partial charge on any atom is 0.326 e. The number of hydrogen-bond donors (Lipinski definition) is 3. The van der Waals surface area contributed by atoms with Crippen LogP contribution in [-0.2, 0) is 0 Å². The minimum Gasteiger partial charge on any atom is -0.394 e. The van der Waals surface area contributed by atoms with E-state index in [4.69, 9.17) is 5.73 Å². The lowest BCUT2D eigenvalue weighted by Crippen LogP contribution is -2.38. The number of imidazole rings is 1. The van der Waals surface area contributed by atoms with E-state index in [1.165, 1.54) is 0 Å². The molecule has 138 valence electrons. The number of aromatic nitrogens is 2. The van der Waals surface area contributed by atoms with Gasteiger partial charge in [0.2, 0.25) is 0 Å². The molecule has 1 fully saturated rings. The van der Waals surface area contributed by atoms with Crippen LogP contribution in [0, 0.1) is 0 Å². The Bertz CT molecular complexity index is 911. The normalized spacial score (nSPS) is 17.3. The van der Waals surface area contributed by atoms with E-state index in [1.54, 1.807) is 13.2 Å². The number of benzene rings is 1. The fraction of sp³-hybridized carbons (Fsp3) is 0.368. The summed E-state index contributed by atoms with van der Waals surface area (Å²) in [5.41, 5.74) is 9.69. The van der Waals surface area contributed by atoms with Crippen LogP contribution in [0.4, 0.5) is 0 Å². The first-order valence-corrected chi connectivity index (χ1v) is 8.82. The monoisotopic (exact) mass is 354 g/mol. The second-order valence-electron chi connectivity index (χ2n) is 6.46. The Morgan fingerprint density at radius 2 is 2.08 bits per heavy atom. The largest absolute Gasteiger partial charge is 0.394 e. The lowest BCUT2D eigenvalue weighted by Gasteiger charge is -2.35. The summed E-state index contributed by atoms with van der Waals surface area (Å²) < 4.78 is 1.90. The molecule has 3 rings (SSSR count). The van der Waals surface area contributed by atoms with E-state index < -0.39 is 0 Å². The van der Waals surface area contributed by atoms with Crippen LogP contribution in [0.5, 0.6) is 0 Å². The van der Waals surface area contributed by atoms with Crippen molar-refractivity contribution in [3.05, 3.63) is 58.9 Å². The van der Waals surface area contributed by atoms with E-state index in [2.05, 4.69) is 26.8 Å². The van der Waals surface area contributed by atoms with Crippen LogP contribution in [0.2, 0.25) is 0 Å². The Morgan fingerprint density at radius 3 is 2.73 bits per heavy atom. The first kappa shape index (κ1) is 17.8. The van der Waals surface area contributed by atoms with Crippen molar-refractivity contribution in [3.8, 4) is 0 Å². The number of nitrogens with one attached hydrogen (secondary N) is 2. The number of nitrogens with zero attached hydrogens (tertiary/aromatic N) is 3. The number of allylic oxidation sites excluding steroid dienone is 1. The van der Waals surface area contributed by atoms with Gasteiger partial charge in [-0.1, -0.05) is 18.7 Å². The molecular weight excluding hydrogens is 328 g/mol. The maximum absolute atomic E-state index is 12.4. The Morgan fingerprint density at radius 1 is 1.38 bits per heavy atom. The fourth-order valence-electron chi connectivity index (χ4n) is 3.60. The first-order chi connectivity index (χ1) is 12.6. The van der Waals surface area contributed by atoms with Gasteiger partial charge in [-0.2, -0.15) is 0 Å². The molecule has 0 aliphatic carbocycles. The van der Waals surface area contributed by atoms with Crippen molar-refractivity contribution in [2.24, 2.45) is 10.7 Å². The van der Waals surface area contributed by atoms with Gasteiger partial charge in [0.05, 0.1) is 16.7 Å². The number of piperidine rings is 1. The molecule has 0 amide bonds. The van der Waals surface area contributed by atoms with E-state index in [0.29, 0.717) is 11.5 Å². The zero-order valence-electron chi connectivity index (χ0n) is 15.3. The van der Waals surface area contributed by atoms with Gasteiger partial charge in [-0.15, -0.1) is 0 Å². The minimum absolute atomic E-state index is 0.0352. The molecule has 0 spiro atoms. The number of fused-ring (bicyclic) bond motifs is 1. The average molecular weight is 354 g/mol. The van der Waals surface area contributed by atoms with Crippen molar-refractivity contribution in [2.45, 2.75) is 25.8 Å². The molecule has 7 nitrogen and oxygen atoms in total. The van der Waals surface area contributed by atoms with Crippen molar-refractivity contribution in [2.75, 3.05) is 20.1 Å². The molecule has 26 heavy (non-hydrogen) atoms. The first-order valence-electron chi connectivity index (χ1n) is 8.82. The van der Waals surface area contributed by atoms with Gasteiger partial charge in [0.15, 0.2) is 0 Å². The number of aliphatic imine (C=N–C) groups is 1. The van der Waals surface area contributed by atoms with Crippen molar-refractivity contribution in [1.82, 2.24) is 19.8 Å². The number of rotatable bonds is 4. The molecule has 1 saturated heterocycles. The number of likely N-dealkylation sites (tertiary alicyclic amines) is 1. The van der Waals surface area contributed by atoms with E-state index in [-0.39, 0.29) is 11.7 Å². The molecule has 0 radical (unpaired) electrons. The van der Waals surface area contributed by atoms with Crippen LogP contribution in [0.15, 0.2) is 58.2 Å². The topological polar surface area (TPSA) is 91.4 Å². The summed E-state index contributed by atoms with van der Waals surface area (Å²) in [4.78, 5) is 21.8. The Hall–Kier alpha value is -2.96. The quantitative estimate of drug-likeness (QED) is 0.578. The summed E-state index contributed by atoms with van der Waals surface area (Å²) in [5.74, 6) is 0.618. The van der Waals surface area contributed by atoms with E-state index in [0.717, 1.165) is 42.7 Å². The van der Waals surface area contributed by atoms with E-state index in [9.17, 15) is 4.79 Å². The Kier molecular flexibility index (Phi) is 5.16. The van der Waals surface area contributed by atoms with Crippen LogP contribution in [-0.4, -0.2) is 40.4 Å². The standard InChI is InChI=1S/C19H26N6O/c1-4-22-18(21-3)17(20)13(2)24-11-9-14(10-12-24)25-16-8-6-5-7-15(16)23-19(25)26/h4-8,14H,1,9-12,20H2,2-3H3,(H,21,22)(H,23,26)/b17-13-. The van der Waals surface area contributed by atoms with Gasteiger partial charge in [0.25, 0.3) is 0 Å². The number of H-pyrrole nitrogens is 1. The molecule has 1 aliphatic heterocycles. The third kappa shape index (κ3) is 3.24. The molecule has 1 aromatic heterocycles. The van der Waals surface area contributed by atoms with E-state index >= 15 is 0 Å². The second-order valence-corrected chi connectivity index (χ2v) is 6.46. The van der Waals surface area contributed by atoms with Crippen molar-refractivity contribution < 1.29 is 0 Å². The number of amidine groups is 1. The zero-order chi connectivity index (χ0) is 18.7. The van der Waals surface area contributed by atoms with Gasteiger partial charge in [-0.25, -0.2) is 4.79 Å². The lowest BCUT2D eigenvalue weighted by atomic mass is 10.0. The summed E-state index contributed by atoms with van der Waals surface area (Å²) in [6.07, 6.45) is 3.35. The molecule has 2 heterocycles. The third-order valence-electron chi connectivity index (χ3n) is 5.04. The van der Waals surface area contributed by atoms with Gasteiger partial charge in [0, 0.05) is 31.9 Å². The molecule has 0 atom stereocenters. The maximum atomic E-state index is 12.4. The van der Waals surface area contributed by atoms with E-state index in [1.807, 2.05) is 35.8 Å². The lowest BCUT2D eigenvalue weighted by molar-refractivity contribution is 0.227. The zero-order valence-corrected chi connectivity index (χ0v) is 15.3. The summed E-state index contributed by atoms with van der Waals surface area (Å²) in [6, 6.07) is 8.02. The van der Waals surface area contributed by atoms with Crippen molar-refractivity contribution in [3.63, 3.8) is 0 Å². The number of para-hydroxylation sites is 2. The SMILES string of the molecule is C=CNC(=NC)/C(N)=C(\C)N1CCC(n2c(=O)[nH]c3ccccc32)CC1. The molecule has 1 aromatic carbocycles. The summed E-state index contributed by atoms with van der Waals surface area (Å²) >= 11 is 0. The molecular formula is C19H26N6O. The van der Waals surface area contributed by atoms with Gasteiger partial charge >= 0.3 is 5.69 Å². The van der Waals surface area contributed by atoms with Crippen LogP contribution in [0.3, 0.4) is 0 Å². The van der Waals surface area contributed by atoms with Gasteiger partial charge < -0.3 is 20.9 Å². The van der Waals surface area contributed by atoms with Gasteiger partial charge in [0.1, 0.15) is 5.84 Å². The number of aromatic amines is 1. The molecule has 7 heteroatoms. The predicted molar refractivity (Wildman–Crippen MR) is 106 cm³/mol. The second kappa shape index (κ2) is 7.51. The molecule has 4 N–H and O–H groups in total. The molecule has 0 saturated carbocycles. The highest BCUT2D eigenvalue weighted by molar-refractivity contribution is 5.98. The Balaban J connectivity index is 1.78. The number of hydrogen-bond acceptors (Lipinski definition) is 4. The highest BCUT2D eigenvalue weighted by Crippen LogP contribution is 2.26. The summed E-state index contributed by atoms with van der Waals surface area (Å²) in [5, 5.41) is 2.97. The number of nitrogens with two attached hydrogens (primary N) is 1. The van der Waals surface area contributed by atoms with Crippen LogP contribution in [0.1, 0.15) is 25.8 Å². The van der Waals surface area contributed by atoms with Crippen molar-refractivity contribution >= 4 is 16.9 Å². The molecule has 0 bridgehead atoms. The molecule has 2 aromatic rings. The third-order valence-corrected chi connectivity index (χ3v) is 5.04. The summed E-state index contributed by atoms with van der Waals surface area (Å²) in [7, 11) is 1.70. The van der Waals surface area contributed by atoms with Crippen LogP contribution < -0.4 is 16.7 Å². The van der Waals surface area contributed by atoms with Gasteiger partial charge in [-0.05, 0) is 38.1 Å². The average Bonchev–Trinajstić information content (AvgIpc) is 3.00. The molecule has 1 aliphatic rings. The Labute approximate surface area is 152 Å². The van der Waals surface area contributed by atoms with Crippen LogP contribution in [0.25, 0.3) is 11.0 Å². The fourth-order valence-corrected chi connectivity index (χ4v) is 3.60. The summed E-state index contributed by atoms with van der Waals surface area (Å²) in [6.45, 7) is 7.34. The minimum atomic E-state index is -0.0352. The highest BCUT2D eigenvalue weighted by Gasteiger charge is 2.24. The highest BCUT2D eigenvalue weighted by atomic mass is 16.1. The smallest absolute Gasteiger partial charge is 0.326 e. The predicted octanol–water partition coefficient (Wildman–Crippen LogP) is 1.92. The van der Waals surface area contributed by atoms with Gasteiger partial charge in [-0.3, -0.25) is 9.56 Å².